The zero-order valence-corrected chi connectivity index (χ0v) is 13.4. The molecule has 21 heavy (non-hydrogen) atoms. The molecular weight excluding hydrogens is 292 g/mol. The highest BCUT2D eigenvalue weighted by Crippen LogP contribution is 2.31. The molecule has 0 aliphatic heterocycles. The summed E-state index contributed by atoms with van der Waals surface area (Å²) >= 11 is 6.21. The highest BCUT2D eigenvalue weighted by Gasteiger charge is 2.31. The van der Waals surface area contributed by atoms with Gasteiger partial charge >= 0.3 is 5.97 Å². The fraction of sp³-hybridized carbons (Fsp3) is 0.429. The second-order valence-electron chi connectivity index (χ2n) is 5.93. The van der Waals surface area contributed by atoms with E-state index in [-0.39, 0.29) is 16.7 Å². The second-order valence-corrected chi connectivity index (χ2v) is 6.29. The van der Waals surface area contributed by atoms with Gasteiger partial charge in [0, 0.05) is 16.8 Å². The number of halogens is 1. The Kier molecular flexibility index (Phi) is 3.76. The van der Waals surface area contributed by atoms with Gasteiger partial charge in [0.15, 0.2) is 5.15 Å². The van der Waals surface area contributed by atoms with Crippen molar-refractivity contribution in [2.45, 2.75) is 40.0 Å². The minimum atomic E-state index is -1.11. The first kappa shape index (κ1) is 15.4. The van der Waals surface area contributed by atoms with E-state index < -0.39 is 11.4 Å². The van der Waals surface area contributed by atoms with Crippen LogP contribution in [-0.4, -0.2) is 30.8 Å². The average molecular weight is 309 g/mol. The lowest BCUT2D eigenvalue weighted by Crippen LogP contribution is -2.17. The normalized spacial score (nSPS) is 11.7. The quantitative estimate of drug-likeness (QED) is 0.922. The van der Waals surface area contributed by atoms with Crippen molar-refractivity contribution < 1.29 is 9.90 Å². The van der Waals surface area contributed by atoms with Crippen LogP contribution >= 0.6 is 11.6 Å². The topological polar surface area (TPSA) is 80.9 Å². The first-order valence-electron chi connectivity index (χ1n) is 6.46. The maximum Gasteiger partial charge on any atom is 0.340 e. The maximum absolute atomic E-state index is 11.5. The Bertz CT molecular complexity index is 696. The summed E-state index contributed by atoms with van der Waals surface area (Å²) in [5.41, 5.74) is 1.47. The second kappa shape index (κ2) is 5.11. The van der Waals surface area contributed by atoms with Gasteiger partial charge in [-0.1, -0.05) is 32.4 Å². The molecule has 0 unspecified atom stereocenters. The molecular formula is C14H17ClN4O2. The van der Waals surface area contributed by atoms with Crippen molar-refractivity contribution in [1.82, 2.24) is 19.7 Å². The van der Waals surface area contributed by atoms with Gasteiger partial charge in [-0.15, -0.1) is 0 Å². The third-order valence-electron chi connectivity index (χ3n) is 2.91. The molecule has 2 rings (SSSR count). The first-order valence-corrected chi connectivity index (χ1v) is 6.84. The van der Waals surface area contributed by atoms with Crippen LogP contribution in [0.15, 0.2) is 6.07 Å². The molecule has 0 atom stereocenters. The minimum Gasteiger partial charge on any atom is -0.478 e. The molecule has 6 nitrogen and oxygen atoms in total. The average Bonchev–Trinajstić information content (AvgIpc) is 2.65. The predicted molar refractivity (Wildman–Crippen MR) is 79.3 cm³/mol. The fourth-order valence-corrected chi connectivity index (χ4v) is 2.33. The predicted octanol–water partition coefficient (Wildman–Crippen LogP) is 2.93. The molecule has 0 radical (unpaired) electrons. The van der Waals surface area contributed by atoms with Crippen LogP contribution in [0.2, 0.25) is 5.15 Å². The maximum atomic E-state index is 11.5. The Labute approximate surface area is 127 Å². The summed E-state index contributed by atoms with van der Waals surface area (Å²) in [5, 5.41) is 13.7. The summed E-state index contributed by atoms with van der Waals surface area (Å²) in [7, 11) is 0. The van der Waals surface area contributed by atoms with Crippen LogP contribution in [0.4, 0.5) is 0 Å². The minimum absolute atomic E-state index is 0.00748. The third kappa shape index (κ3) is 2.90. The molecule has 0 spiro atoms. The number of hydrogen-bond acceptors (Lipinski definition) is 4. The summed E-state index contributed by atoms with van der Waals surface area (Å²) in [5.74, 6) is -0.837. The van der Waals surface area contributed by atoms with Crippen LogP contribution in [0.3, 0.4) is 0 Å². The lowest BCUT2D eigenvalue weighted by atomic mass is 9.89. The highest BCUT2D eigenvalue weighted by atomic mass is 35.5. The smallest absolute Gasteiger partial charge is 0.340 e. The van der Waals surface area contributed by atoms with Crippen molar-refractivity contribution in [2.75, 3.05) is 0 Å². The fourth-order valence-electron chi connectivity index (χ4n) is 2.05. The number of nitrogens with zero attached hydrogens (tertiary/aromatic N) is 4. The van der Waals surface area contributed by atoms with E-state index >= 15 is 0 Å². The summed E-state index contributed by atoms with van der Waals surface area (Å²) < 4.78 is 1.28. The molecule has 112 valence electrons. The molecule has 0 saturated carbocycles. The van der Waals surface area contributed by atoms with E-state index in [0.29, 0.717) is 5.69 Å². The number of carbonyl (C=O) groups is 1. The van der Waals surface area contributed by atoms with Crippen molar-refractivity contribution in [1.29, 1.82) is 0 Å². The van der Waals surface area contributed by atoms with Gasteiger partial charge in [0.2, 0.25) is 0 Å². The van der Waals surface area contributed by atoms with Crippen LogP contribution in [0.1, 0.15) is 48.2 Å². The van der Waals surface area contributed by atoms with Crippen molar-refractivity contribution in [3.63, 3.8) is 0 Å². The summed E-state index contributed by atoms with van der Waals surface area (Å²) in [6.07, 6.45) is 0. The van der Waals surface area contributed by atoms with Crippen molar-refractivity contribution >= 4 is 17.6 Å². The number of carboxylic acids is 1. The van der Waals surface area contributed by atoms with Gasteiger partial charge in [0.1, 0.15) is 5.56 Å². The van der Waals surface area contributed by atoms with Crippen LogP contribution in [-0.2, 0) is 5.41 Å². The molecule has 2 aromatic rings. The molecule has 1 N–H and O–H groups in total. The standard InChI is InChI=1S/C14H17ClN4O2/c1-7-6-8(2)17-13(16-7)19-11(15)9(12(20)21)10(18-19)14(3,4)5/h6H,1-5H3,(H,20,21). The lowest BCUT2D eigenvalue weighted by molar-refractivity contribution is 0.0694. The van der Waals surface area contributed by atoms with Crippen molar-refractivity contribution in [2.24, 2.45) is 0 Å². The SMILES string of the molecule is Cc1cc(C)nc(-n2nc(C(C)(C)C)c(C(=O)O)c2Cl)n1. The van der Waals surface area contributed by atoms with Crippen molar-refractivity contribution in [3.05, 3.63) is 33.9 Å². The van der Waals surface area contributed by atoms with E-state index in [1.54, 1.807) is 0 Å². The Balaban J connectivity index is 2.74. The van der Waals surface area contributed by atoms with Gasteiger partial charge in [-0.2, -0.15) is 9.78 Å². The molecule has 0 fully saturated rings. The molecule has 2 aromatic heterocycles. The van der Waals surface area contributed by atoms with Crippen LogP contribution in [0.5, 0.6) is 0 Å². The molecule has 0 aliphatic carbocycles. The van der Waals surface area contributed by atoms with Crippen LogP contribution < -0.4 is 0 Å². The molecule has 0 aliphatic rings. The van der Waals surface area contributed by atoms with Gasteiger partial charge in [-0.25, -0.2) is 14.8 Å². The van der Waals surface area contributed by atoms with E-state index in [0.717, 1.165) is 11.4 Å². The van der Waals surface area contributed by atoms with Gasteiger partial charge in [0.05, 0.1) is 5.69 Å². The monoisotopic (exact) mass is 308 g/mol. The number of hydrogen-bond donors (Lipinski definition) is 1. The van der Waals surface area contributed by atoms with Gasteiger partial charge in [-0.3, -0.25) is 0 Å². The molecule has 0 saturated heterocycles. The van der Waals surface area contributed by atoms with E-state index in [1.807, 2.05) is 40.7 Å². The largest absolute Gasteiger partial charge is 0.478 e. The number of carboxylic acid groups (broad SMARTS) is 1. The number of aromatic nitrogens is 4. The zero-order valence-electron chi connectivity index (χ0n) is 12.6. The lowest BCUT2D eigenvalue weighted by Gasteiger charge is -2.15. The third-order valence-corrected chi connectivity index (χ3v) is 3.26. The van der Waals surface area contributed by atoms with Gasteiger partial charge in [0.25, 0.3) is 5.95 Å². The Morgan fingerprint density at radius 3 is 2.14 bits per heavy atom. The molecule has 7 heteroatoms. The molecule has 0 bridgehead atoms. The van der Waals surface area contributed by atoms with E-state index in [1.165, 1.54) is 4.68 Å². The number of aryl methyl sites for hydroxylation is 2. The Morgan fingerprint density at radius 2 is 1.76 bits per heavy atom. The zero-order chi connectivity index (χ0) is 15.9. The van der Waals surface area contributed by atoms with Crippen LogP contribution in [0, 0.1) is 13.8 Å². The summed E-state index contributed by atoms with van der Waals surface area (Å²) in [6, 6.07) is 1.82. The van der Waals surface area contributed by atoms with Crippen molar-refractivity contribution in [3.8, 4) is 5.95 Å². The molecule has 2 heterocycles. The Hall–Kier alpha value is -1.95. The summed E-state index contributed by atoms with van der Waals surface area (Å²) in [4.78, 5) is 20.0. The number of aromatic carboxylic acids is 1. The van der Waals surface area contributed by atoms with E-state index in [2.05, 4.69) is 15.1 Å². The highest BCUT2D eigenvalue weighted by molar-refractivity contribution is 6.33. The Morgan fingerprint density at radius 1 is 1.24 bits per heavy atom. The van der Waals surface area contributed by atoms with E-state index in [9.17, 15) is 9.90 Å². The summed E-state index contributed by atoms with van der Waals surface area (Å²) in [6.45, 7) is 9.30. The van der Waals surface area contributed by atoms with Gasteiger partial charge < -0.3 is 5.11 Å². The van der Waals surface area contributed by atoms with E-state index in [4.69, 9.17) is 11.6 Å². The molecule has 0 amide bonds. The van der Waals surface area contributed by atoms with Gasteiger partial charge in [-0.05, 0) is 19.9 Å². The van der Waals surface area contributed by atoms with Crippen LogP contribution in [0.25, 0.3) is 5.95 Å². The molecule has 0 aromatic carbocycles. The number of rotatable bonds is 2. The first-order chi connectivity index (χ1) is 9.61.